The highest BCUT2D eigenvalue weighted by molar-refractivity contribution is 6.30. The number of hydrogen-bond donors (Lipinski definition) is 2. The van der Waals surface area contributed by atoms with Gasteiger partial charge in [0.05, 0.1) is 6.10 Å². The van der Waals surface area contributed by atoms with E-state index in [-0.39, 0.29) is 12.5 Å². The zero-order valence-electron chi connectivity index (χ0n) is 8.11. The van der Waals surface area contributed by atoms with E-state index in [0.717, 1.165) is 6.08 Å². The molecule has 15 heavy (non-hydrogen) atoms. The first kappa shape index (κ1) is 11.8. The Hall–Kier alpha value is -1.32. The molecule has 0 radical (unpaired) electrons. The minimum Gasteiger partial charge on any atom is -0.387 e. The zero-order valence-corrected chi connectivity index (χ0v) is 8.87. The van der Waals surface area contributed by atoms with Crippen LogP contribution in [0.15, 0.2) is 36.9 Å². The molecular formula is C11H12ClNO2. The van der Waals surface area contributed by atoms with Crippen molar-refractivity contribution in [3.8, 4) is 0 Å². The van der Waals surface area contributed by atoms with Gasteiger partial charge in [0, 0.05) is 11.6 Å². The topological polar surface area (TPSA) is 49.3 Å². The summed E-state index contributed by atoms with van der Waals surface area (Å²) in [6, 6.07) is 6.81. The molecule has 80 valence electrons. The van der Waals surface area contributed by atoms with E-state index in [1.165, 1.54) is 0 Å². The van der Waals surface area contributed by atoms with Gasteiger partial charge in [0.25, 0.3) is 0 Å². The summed E-state index contributed by atoms with van der Waals surface area (Å²) >= 11 is 5.70. The van der Waals surface area contributed by atoms with E-state index >= 15 is 0 Å². The summed E-state index contributed by atoms with van der Waals surface area (Å²) in [4.78, 5) is 10.8. The maximum absolute atomic E-state index is 10.8. The van der Waals surface area contributed by atoms with Gasteiger partial charge in [-0.2, -0.15) is 0 Å². The number of carbonyl (C=O) groups is 1. The SMILES string of the molecule is C=CC(=O)NC[C@H](O)c1ccc(Cl)cc1. The van der Waals surface area contributed by atoms with Crippen molar-refractivity contribution in [3.63, 3.8) is 0 Å². The molecule has 0 saturated heterocycles. The lowest BCUT2D eigenvalue weighted by Gasteiger charge is -2.11. The van der Waals surface area contributed by atoms with Crippen molar-refractivity contribution in [2.24, 2.45) is 0 Å². The summed E-state index contributed by atoms with van der Waals surface area (Å²) in [6.45, 7) is 3.47. The van der Waals surface area contributed by atoms with Crippen LogP contribution in [0.4, 0.5) is 0 Å². The molecule has 0 aliphatic carbocycles. The number of amides is 1. The van der Waals surface area contributed by atoms with E-state index in [9.17, 15) is 9.90 Å². The molecule has 0 spiro atoms. The first-order chi connectivity index (χ1) is 7.13. The van der Waals surface area contributed by atoms with Crippen LogP contribution in [-0.4, -0.2) is 17.6 Å². The lowest BCUT2D eigenvalue weighted by molar-refractivity contribution is -0.116. The van der Waals surface area contributed by atoms with Crippen molar-refractivity contribution >= 4 is 17.5 Å². The molecule has 1 rings (SSSR count). The number of hydrogen-bond acceptors (Lipinski definition) is 2. The average Bonchev–Trinajstić information content (AvgIpc) is 2.26. The third-order valence-electron chi connectivity index (χ3n) is 1.91. The summed E-state index contributed by atoms with van der Waals surface area (Å²) in [5.41, 5.74) is 0.712. The van der Waals surface area contributed by atoms with Crippen molar-refractivity contribution in [1.82, 2.24) is 5.32 Å². The Morgan fingerprint density at radius 3 is 2.67 bits per heavy atom. The summed E-state index contributed by atoms with van der Waals surface area (Å²) in [5.74, 6) is -0.303. The Labute approximate surface area is 93.4 Å². The van der Waals surface area contributed by atoms with Crippen molar-refractivity contribution in [2.45, 2.75) is 6.10 Å². The number of halogens is 1. The lowest BCUT2D eigenvalue weighted by Crippen LogP contribution is -2.26. The Morgan fingerprint density at radius 1 is 1.53 bits per heavy atom. The highest BCUT2D eigenvalue weighted by atomic mass is 35.5. The van der Waals surface area contributed by atoms with Gasteiger partial charge >= 0.3 is 0 Å². The van der Waals surface area contributed by atoms with Crippen LogP contribution < -0.4 is 5.32 Å². The molecule has 4 heteroatoms. The van der Waals surface area contributed by atoms with Crippen LogP contribution in [0, 0.1) is 0 Å². The largest absolute Gasteiger partial charge is 0.387 e. The molecule has 0 aromatic heterocycles. The van der Waals surface area contributed by atoms with E-state index < -0.39 is 6.10 Å². The van der Waals surface area contributed by atoms with Gasteiger partial charge in [-0.25, -0.2) is 0 Å². The fraction of sp³-hybridized carbons (Fsp3) is 0.182. The summed E-state index contributed by atoms with van der Waals surface area (Å²) < 4.78 is 0. The van der Waals surface area contributed by atoms with Gasteiger partial charge in [0.1, 0.15) is 0 Å². The summed E-state index contributed by atoms with van der Waals surface area (Å²) in [7, 11) is 0. The van der Waals surface area contributed by atoms with E-state index in [4.69, 9.17) is 11.6 Å². The van der Waals surface area contributed by atoms with Crippen molar-refractivity contribution in [2.75, 3.05) is 6.54 Å². The van der Waals surface area contributed by atoms with Crippen LogP contribution in [0.25, 0.3) is 0 Å². The highest BCUT2D eigenvalue weighted by Gasteiger charge is 2.07. The third-order valence-corrected chi connectivity index (χ3v) is 2.16. The predicted octanol–water partition coefficient (Wildman–Crippen LogP) is 1.68. The monoisotopic (exact) mass is 225 g/mol. The van der Waals surface area contributed by atoms with Gasteiger partial charge in [-0.1, -0.05) is 30.3 Å². The molecule has 0 unspecified atom stereocenters. The van der Waals surface area contributed by atoms with Crippen LogP contribution >= 0.6 is 11.6 Å². The number of carbonyl (C=O) groups excluding carboxylic acids is 1. The Bertz CT molecular complexity index is 348. The first-order valence-electron chi connectivity index (χ1n) is 4.47. The number of benzene rings is 1. The minimum atomic E-state index is -0.730. The van der Waals surface area contributed by atoms with Crippen LogP contribution in [0.1, 0.15) is 11.7 Å². The van der Waals surface area contributed by atoms with E-state index in [1.54, 1.807) is 24.3 Å². The van der Waals surface area contributed by atoms with Crippen LogP contribution in [0.5, 0.6) is 0 Å². The molecule has 1 aromatic carbocycles. The molecule has 1 aromatic rings. The van der Waals surface area contributed by atoms with Crippen molar-refractivity contribution in [3.05, 3.63) is 47.5 Å². The first-order valence-corrected chi connectivity index (χ1v) is 4.85. The van der Waals surface area contributed by atoms with Gasteiger partial charge in [-0.3, -0.25) is 4.79 Å². The smallest absolute Gasteiger partial charge is 0.243 e. The maximum Gasteiger partial charge on any atom is 0.243 e. The van der Waals surface area contributed by atoms with Gasteiger partial charge in [0.2, 0.25) is 5.91 Å². The van der Waals surface area contributed by atoms with E-state index in [2.05, 4.69) is 11.9 Å². The van der Waals surface area contributed by atoms with E-state index in [0.29, 0.717) is 10.6 Å². The third kappa shape index (κ3) is 3.73. The quantitative estimate of drug-likeness (QED) is 0.766. The fourth-order valence-corrected chi connectivity index (χ4v) is 1.20. The fourth-order valence-electron chi connectivity index (χ4n) is 1.07. The van der Waals surface area contributed by atoms with Crippen LogP contribution in [-0.2, 0) is 4.79 Å². The Morgan fingerprint density at radius 2 is 2.13 bits per heavy atom. The predicted molar refractivity (Wildman–Crippen MR) is 59.6 cm³/mol. The zero-order chi connectivity index (χ0) is 11.3. The number of aliphatic hydroxyl groups excluding tert-OH is 1. The van der Waals surface area contributed by atoms with Crippen molar-refractivity contribution in [1.29, 1.82) is 0 Å². The lowest BCUT2D eigenvalue weighted by atomic mass is 10.1. The van der Waals surface area contributed by atoms with Gasteiger partial charge in [-0.05, 0) is 23.8 Å². The number of nitrogens with one attached hydrogen (secondary N) is 1. The number of rotatable bonds is 4. The molecule has 0 aliphatic rings. The average molecular weight is 226 g/mol. The Kier molecular flexibility index (Phi) is 4.34. The van der Waals surface area contributed by atoms with Gasteiger partial charge in [0.15, 0.2) is 0 Å². The summed E-state index contributed by atoms with van der Waals surface area (Å²) in [5, 5.41) is 12.8. The van der Waals surface area contributed by atoms with Crippen LogP contribution in [0.2, 0.25) is 5.02 Å². The second-order valence-corrected chi connectivity index (χ2v) is 3.45. The molecule has 2 N–H and O–H groups in total. The molecule has 1 amide bonds. The van der Waals surface area contributed by atoms with Crippen molar-refractivity contribution < 1.29 is 9.90 Å². The molecular weight excluding hydrogens is 214 g/mol. The molecule has 1 atom stereocenters. The molecule has 0 saturated carbocycles. The van der Waals surface area contributed by atoms with Crippen LogP contribution in [0.3, 0.4) is 0 Å². The van der Waals surface area contributed by atoms with Gasteiger partial charge in [-0.15, -0.1) is 0 Å². The second-order valence-electron chi connectivity index (χ2n) is 3.02. The molecule has 3 nitrogen and oxygen atoms in total. The number of aliphatic hydroxyl groups is 1. The molecule has 0 aliphatic heterocycles. The minimum absolute atomic E-state index is 0.159. The molecule has 0 heterocycles. The Balaban J connectivity index is 2.53. The second kappa shape index (κ2) is 5.53. The summed E-state index contributed by atoms with van der Waals surface area (Å²) in [6.07, 6.45) is 0.431. The normalized spacial score (nSPS) is 11.9. The maximum atomic E-state index is 10.8. The van der Waals surface area contributed by atoms with Gasteiger partial charge < -0.3 is 10.4 Å². The molecule has 0 bridgehead atoms. The highest BCUT2D eigenvalue weighted by Crippen LogP contribution is 2.15. The standard InChI is InChI=1S/C11H12ClNO2/c1-2-11(15)13-7-10(14)8-3-5-9(12)6-4-8/h2-6,10,14H,1,7H2,(H,13,15)/t10-/m0/s1. The van der Waals surface area contributed by atoms with E-state index in [1.807, 2.05) is 0 Å². The molecule has 0 fully saturated rings.